The predicted octanol–water partition coefficient (Wildman–Crippen LogP) is 15.5. The monoisotopic (exact) mass is 1100 g/mol. The third-order valence-electron chi connectivity index (χ3n) is 12.0. The number of para-hydroxylation sites is 1. The van der Waals surface area contributed by atoms with Crippen molar-refractivity contribution in [3.05, 3.63) is 162 Å². The summed E-state index contributed by atoms with van der Waals surface area (Å²) >= 11 is -1.97. The number of rotatable bonds is 8. The van der Waals surface area contributed by atoms with Crippen molar-refractivity contribution < 1.29 is 28.6 Å². The Morgan fingerprint density at radius 2 is 1.38 bits per heavy atom. The van der Waals surface area contributed by atoms with Gasteiger partial charge < -0.3 is 8.98 Å². The van der Waals surface area contributed by atoms with Crippen LogP contribution in [0.1, 0.15) is 112 Å². The molecule has 0 aliphatic carbocycles. The van der Waals surface area contributed by atoms with Crippen molar-refractivity contribution in [1.29, 1.82) is 0 Å². The predicted molar refractivity (Wildman–Crippen MR) is 273 cm³/mol. The van der Waals surface area contributed by atoms with E-state index in [1.807, 2.05) is 24.4 Å². The summed E-state index contributed by atoms with van der Waals surface area (Å²) < 4.78 is 32.6. The number of aromatic nitrogens is 4. The Morgan fingerprint density at radius 3 is 2.00 bits per heavy atom. The molecule has 0 saturated heterocycles. The Hall–Kier alpha value is -5.14. The van der Waals surface area contributed by atoms with Crippen LogP contribution in [0.15, 0.2) is 126 Å². The maximum Gasteiger partial charge on any atom is 0 e. The molecule has 7 heteroatoms. The van der Waals surface area contributed by atoms with Gasteiger partial charge in [-0.2, -0.15) is 0 Å². The van der Waals surface area contributed by atoms with Crippen molar-refractivity contribution in [3.63, 3.8) is 0 Å². The van der Waals surface area contributed by atoms with Crippen molar-refractivity contribution in [2.45, 2.75) is 110 Å². The molecule has 335 valence electrons. The minimum absolute atomic E-state index is 0. The summed E-state index contributed by atoms with van der Waals surface area (Å²) in [6.07, 6.45) is 2.02. The fraction of sp³-hybridized carbons (Fsp3) is 0.293. The molecule has 9 aromatic rings. The number of hydrogen-bond donors (Lipinski definition) is 0. The van der Waals surface area contributed by atoms with Crippen LogP contribution in [-0.2, 0) is 25.5 Å². The summed E-state index contributed by atoms with van der Waals surface area (Å²) in [6, 6.07) is 45.8. The average Bonchev–Trinajstić information content (AvgIpc) is 3.86. The summed E-state index contributed by atoms with van der Waals surface area (Å²) in [4.78, 5) is 15.1. The van der Waals surface area contributed by atoms with Gasteiger partial charge in [0, 0.05) is 42.3 Å². The normalized spacial score (nSPS) is 12.9. The Kier molecular flexibility index (Phi) is 12.8. The van der Waals surface area contributed by atoms with Crippen molar-refractivity contribution in [3.8, 4) is 39.5 Å². The van der Waals surface area contributed by atoms with E-state index < -0.39 is 20.1 Å². The van der Waals surface area contributed by atoms with Crippen LogP contribution in [0.25, 0.3) is 72.6 Å². The molecular weight excluding hydrogens is 1030 g/mol. The van der Waals surface area contributed by atoms with Crippen molar-refractivity contribution >= 4 is 50.8 Å². The summed E-state index contributed by atoms with van der Waals surface area (Å²) in [5.74, 6) is 8.89. The molecule has 4 heterocycles. The van der Waals surface area contributed by atoms with E-state index in [2.05, 4.69) is 180 Å². The fourth-order valence-electron chi connectivity index (χ4n) is 8.55. The summed E-state index contributed by atoms with van der Waals surface area (Å²) in [5.41, 5.74) is 14.6. The number of aryl methyl sites for hydroxylation is 1. The molecule has 5 nitrogen and oxygen atoms in total. The first kappa shape index (κ1) is 43.7. The Bertz CT molecular complexity index is 3200. The molecule has 9 rings (SSSR count). The van der Waals surface area contributed by atoms with Crippen LogP contribution in [0.3, 0.4) is 0 Å². The minimum atomic E-state index is -2.09. The van der Waals surface area contributed by atoms with Gasteiger partial charge >= 0.3 is 130 Å². The van der Waals surface area contributed by atoms with Crippen LogP contribution in [0.2, 0.25) is 17.3 Å². The van der Waals surface area contributed by atoms with Gasteiger partial charge in [-0.25, -0.2) is 4.98 Å². The van der Waals surface area contributed by atoms with Gasteiger partial charge in [-0.3, -0.25) is 4.98 Å². The molecule has 0 aliphatic heterocycles. The first-order chi connectivity index (χ1) is 31.6. The van der Waals surface area contributed by atoms with Crippen LogP contribution >= 0.6 is 0 Å². The molecule has 0 unspecified atom stereocenters. The van der Waals surface area contributed by atoms with E-state index in [0.717, 1.165) is 61.4 Å². The molecule has 0 aliphatic rings. The first-order valence-electron chi connectivity index (χ1n) is 24.1. The number of hydrogen-bond acceptors (Lipinski definition) is 4. The van der Waals surface area contributed by atoms with Gasteiger partial charge in [-0.15, -0.1) is 18.2 Å². The van der Waals surface area contributed by atoms with Crippen LogP contribution in [0, 0.1) is 19.0 Å². The third-order valence-corrected chi connectivity index (χ3v) is 16.3. The topological polar surface area (TPSA) is 56.7 Å². The molecular formula is C58H62GeIrN4O-2. The summed E-state index contributed by atoms with van der Waals surface area (Å²) in [6.45, 7) is 18.0. The van der Waals surface area contributed by atoms with Crippen molar-refractivity contribution in [2.75, 3.05) is 0 Å². The molecule has 0 N–H and O–H groups in total. The largest absolute Gasteiger partial charge is 0 e. The standard InChI is InChI=1S/C40H38N3O.C18H24GeN.Ir/c1-24(2)31-22-27(26-14-9-8-10-15-26)23-32(25(3)4)36(31)43-33-20-21-35(40(5,6)7)41-38(33)42-39(43)30-18-13-17-29-28-16-11-12-19-34(28)44-37(29)30;1-13(2)16-11-18(15-9-7-14(3)8-10-15)20-12-17(16)19(4,5)6;/h8-17,19-25H,1-7H3;7-9,11-13H,1-6H3;/q2*-1;/i;3D3;. The van der Waals surface area contributed by atoms with E-state index in [1.54, 1.807) is 18.2 Å². The Morgan fingerprint density at radius 1 is 0.708 bits per heavy atom. The van der Waals surface area contributed by atoms with E-state index in [9.17, 15) is 0 Å². The smallest absolute Gasteiger partial charge is 0 e. The first-order valence-corrected chi connectivity index (χ1v) is 29.9. The minimum Gasteiger partial charge on any atom is 0 e. The molecule has 0 spiro atoms. The fourth-order valence-corrected chi connectivity index (χ4v) is 12.1. The van der Waals surface area contributed by atoms with Crippen LogP contribution in [0.5, 0.6) is 0 Å². The molecule has 65 heavy (non-hydrogen) atoms. The average molecular weight is 1100 g/mol. The van der Waals surface area contributed by atoms with Crippen LogP contribution < -0.4 is 4.40 Å². The zero-order valence-electron chi connectivity index (χ0n) is 42.8. The second-order valence-corrected chi connectivity index (χ2v) is 30.6. The van der Waals surface area contributed by atoms with Gasteiger partial charge in [0.1, 0.15) is 5.58 Å². The van der Waals surface area contributed by atoms with E-state index in [4.69, 9.17) is 18.5 Å². The van der Waals surface area contributed by atoms with Crippen molar-refractivity contribution in [2.24, 2.45) is 0 Å². The maximum absolute atomic E-state index is 7.44. The SMILES string of the molecule is CC(C)c1cc(-c2ccccc2)cc(C(C)C)c1-n1c(-c2[c-]ccc3c2oc2ccccc23)nc2nc(C(C)(C)C)ccc21.[2H]C([2H])([2H])c1c[c-]c(-c2cc(C(C)C)[c]([Ge]([CH3])([CH3])[CH3])cn2)cc1.[Ir]. The molecule has 0 fully saturated rings. The molecule has 4 aromatic heterocycles. The van der Waals surface area contributed by atoms with Gasteiger partial charge in [0.05, 0.1) is 16.9 Å². The number of nitrogens with zero attached hydrogens (tertiary/aromatic N) is 4. The number of furan rings is 1. The van der Waals surface area contributed by atoms with Gasteiger partial charge in [-0.05, 0) is 64.4 Å². The van der Waals surface area contributed by atoms with Gasteiger partial charge in [0.15, 0.2) is 5.65 Å². The van der Waals surface area contributed by atoms with Gasteiger partial charge in [0.2, 0.25) is 0 Å². The van der Waals surface area contributed by atoms with Gasteiger partial charge in [-0.1, -0.05) is 108 Å². The van der Waals surface area contributed by atoms with E-state index in [-0.39, 0.29) is 37.4 Å². The zero-order chi connectivity index (χ0) is 48.2. The Labute approximate surface area is 407 Å². The Balaban J connectivity index is 0.000000242. The number of benzene rings is 5. The number of pyridine rings is 2. The summed E-state index contributed by atoms with van der Waals surface area (Å²) in [5, 5.41) is 2.15. The van der Waals surface area contributed by atoms with Gasteiger partial charge in [0.25, 0.3) is 0 Å². The van der Waals surface area contributed by atoms with Crippen LogP contribution in [-0.4, -0.2) is 32.8 Å². The molecule has 0 saturated carbocycles. The van der Waals surface area contributed by atoms with E-state index >= 15 is 0 Å². The molecule has 1 radical (unpaired) electrons. The molecule has 0 bridgehead atoms. The van der Waals surface area contributed by atoms with Crippen molar-refractivity contribution in [1.82, 2.24) is 19.5 Å². The maximum atomic E-state index is 7.44. The third kappa shape index (κ3) is 9.73. The molecule has 0 amide bonds. The molecule has 5 aromatic carbocycles. The second-order valence-electron chi connectivity index (χ2n) is 20.0. The molecule has 0 atom stereocenters. The summed E-state index contributed by atoms with van der Waals surface area (Å²) in [7, 11) is 0. The van der Waals surface area contributed by atoms with E-state index in [1.165, 1.54) is 37.9 Å². The number of imidazole rings is 1. The van der Waals surface area contributed by atoms with E-state index in [0.29, 0.717) is 11.5 Å². The number of fused-ring (bicyclic) bond motifs is 4. The quantitative estimate of drug-likeness (QED) is 0.112. The zero-order valence-corrected chi connectivity index (χ0v) is 44.3. The second kappa shape index (κ2) is 19.0. The van der Waals surface area contributed by atoms with Crippen LogP contribution in [0.4, 0.5) is 0 Å².